The first-order chi connectivity index (χ1) is 7.57. The topological polar surface area (TPSA) is 21.3 Å². The number of hydrogen-bond donors (Lipinski definition) is 1. The smallest absolute Gasteiger partial charge is 0.119 e. The van der Waals surface area contributed by atoms with Crippen LogP contribution in [0.3, 0.4) is 0 Å². The number of methoxy groups -OCH3 is 1. The van der Waals surface area contributed by atoms with E-state index in [1.165, 1.54) is 12.0 Å². The van der Waals surface area contributed by atoms with Crippen LogP contribution in [0.4, 0.5) is 0 Å². The number of nitrogens with one attached hydrogen (secondary N) is 1. The summed E-state index contributed by atoms with van der Waals surface area (Å²) in [5.41, 5.74) is 1.68. The van der Waals surface area contributed by atoms with E-state index in [1.807, 2.05) is 13.1 Å². The third-order valence-corrected chi connectivity index (χ3v) is 2.87. The van der Waals surface area contributed by atoms with Gasteiger partial charge in [-0.25, -0.2) is 0 Å². The van der Waals surface area contributed by atoms with E-state index in [2.05, 4.69) is 37.4 Å². The van der Waals surface area contributed by atoms with Crippen molar-refractivity contribution in [2.75, 3.05) is 20.7 Å². The van der Waals surface area contributed by atoms with Crippen LogP contribution >= 0.6 is 0 Å². The van der Waals surface area contributed by atoms with Gasteiger partial charge in [-0.3, -0.25) is 0 Å². The number of rotatable bonds is 6. The van der Waals surface area contributed by atoms with Gasteiger partial charge in [0.05, 0.1) is 7.11 Å². The quantitative estimate of drug-likeness (QED) is 0.797. The normalized spacial score (nSPS) is 11.5. The van der Waals surface area contributed by atoms with Gasteiger partial charge >= 0.3 is 0 Å². The van der Waals surface area contributed by atoms with Crippen LogP contribution in [0.1, 0.15) is 25.8 Å². The molecular weight excluding hydrogens is 198 g/mol. The van der Waals surface area contributed by atoms with E-state index in [9.17, 15) is 0 Å². The molecule has 0 radical (unpaired) electrons. The van der Waals surface area contributed by atoms with Crippen LogP contribution in [0, 0.1) is 5.41 Å². The van der Waals surface area contributed by atoms with Gasteiger partial charge in [0, 0.05) is 0 Å². The van der Waals surface area contributed by atoms with Crippen LogP contribution in [0.25, 0.3) is 0 Å². The van der Waals surface area contributed by atoms with Crippen molar-refractivity contribution in [2.24, 2.45) is 5.41 Å². The van der Waals surface area contributed by atoms with Crippen molar-refractivity contribution in [1.82, 2.24) is 5.32 Å². The first kappa shape index (κ1) is 13.0. The summed E-state index contributed by atoms with van der Waals surface area (Å²) in [5, 5.41) is 3.21. The van der Waals surface area contributed by atoms with Gasteiger partial charge in [-0.1, -0.05) is 26.0 Å². The fraction of sp³-hybridized carbons (Fsp3) is 0.571. The molecule has 0 atom stereocenters. The summed E-state index contributed by atoms with van der Waals surface area (Å²) in [6.07, 6.45) is 2.27. The first-order valence-corrected chi connectivity index (χ1v) is 5.85. The summed E-state index contributed by atoms with van der Waals surface area (Å²) in [5.74, 6) is 0.946. The maximum atomic E-state index is 5.24. The summed E-state index contributed by atoms with van der Waals surface area (Å²) in [4.78, 5) is 0. The monoisotopic (exact) mass is 221 g/mol. The second-order valence-corrected chi connectivity index (χ2v) is 5.05. The predicted octanol–water partition coefficient (Wildman–Crippen LogP) is 2.87. The molecule has 0 aromatic heterocycles. The highest BCUT2D eigenvalue weighted by molar-refractivity contribution is 5.29. The number of hydrogen-bond acceptors (Lipinski definition) is 2. The lowest BCUT2D eigenvalue weighted by molar-refractivity contribution is 0.329. The molecule has 0 fully saturated rings. The molecule has 0 aliphatic rings. The summed E-state index contributed by atoms with van der Waals surface area (Å²) >= 11 is 0. The largest absolute Gasteiger partial charge is 0.497 e. The van der Waals surface area contributed by atoms with E-state index in [4.69, 9.17) is 4.74 Å². The Labute approximate surface area is 99.0 Å². The lowest BCUT2D eigenvalue weighted by Crippen LogP contribution is -2.21. The van der Waals surface area contributed by atoms with Crippen LogP contribution in [-0.4, -0.2) is 20.7 Å². The Morgan fingerprint density at radius 1 is 1.31 bits per heavy atom. The van der Waals surface area contributed by atoms with E-state index in [0.717, 1.165) is 18.7 Å². The summed E-state index contributed by atoms with van der Waals surface area (Å²) in [6, 6.07) is 8.34. The number of benzene rings is 1. The minimum absolute atomic E-state index is 0.329. The van der Waals surface area contributed by atoms with Gasteiger partial charge in [0.25, 0.3) is 0 Å². The van der Waals surface area contributed by atoms with E-state index < -0.39 is 0 Å². The molecule has 0 aliphatic carbocycles. The van der Waals surface area contributed by atoms with Gasteiger partial charge in [-0.2, -0.15) is 0 Å². The van der Waals surface area contributed by atoms with Crippen molar-refractivity contribution in [3.05, 3.63) is 29.8 Å². The highest BCUT2D eigenvalue weighted by Gasteiger charge is 2.17. The summed E-state index contributed by atoms with van der Waals surface area (Å²) in [7, 11) is 3.72. The van der Waals surface area contributed by atoms with Gasteiger partial charge in [-0.05, 0) is 49.5 Å². The lowest BCUT2D eigenvalue weighted by Gasteiger charge is -2.24. The van der Waals surface area contributed by atoms with Crippen LogP contribution in [0.2, 0.25) is 0 Å². The van der Waals surface area contributed by atoms with Gasteiger partial charge in [-0.15, -0.1) is 0 Å². The molecule has 0 bridgehead atoms. The zero-order chi connectivity index (χ0) is 12.0. The van der Waals surface area contributed by atoms with E-state index in [-0.39, 0.29) is 0 Å². The molecule has 90 valence electrons. The highest BCUT2D eigenvalue weighted by Crippen LogP contribution is 2.26. The molecular formula is C14H23NO. The van der Waals surface area contributed by atoms with Gasteiger partial charge in [0.2, 0.25) is 0 Å². The average Bonchev–Trinajstić information content (AvgIpc) is 2.26. The maximum Gasteiger partial charge on any atom is 0.119 e. The zero-order valence-corrected chi connectivity index (χ0v) is 10.8. The highest BCUT2D eigenvalue weighted by atomic mass is 16.5. The minimum Gasteiger partial charge on any atom is -0.497 e. The molecule has 2 nitrogen and oxygen atoms in total. The molecule has 2 heteroatoms. The van der Waals surface area contributed by atoms with Crippen molar-refractivity contribution < 1.29 is 4.74 Å². The second kappa shape index (κ2) is 5.90. The maximum absolute atomic E-state index is 5.24. The van der Waals surface area contributed by atoms with Crippen LogP contribution in [0.15, 0.2) is 24.3 Å². The van der Waals surface area contributed by atoms with Crippen LogP contribution in [-0.2, 0) is 6.42 Å². The van der Waals surface area contributed by atoms with E-state index in [0.29, 0.717) is 5.41 Å². The van der Waals surface area contributed by atoms with E-state index >= 15 is 0 Å². The second-order valence-electron chi connectivity index (χ2n) is 5.05. The molecule has 0 unspecified atom stereocenters. The van der Waals surface area contributed by atoms with Gasteiger partial charge < -0.3 is 10.1 Å². The molecule has 0 heterocycles. The van der Waals surface area contributed by atoms with Crippen molar-refractivity contribution >= 4 is 0 Å². The molecule has 0 spiro atoms. The number of ether oxygens (including phenoxy) is 1. The van der Waals surface area contributed by atoms with Gasteiger partial charge in [0.1, 0.15) is 5.75 Å². The standard InChI is InChI=1S/C14H23NO/c1-14(2,8-9-15-3)11-12-6-5-7-13(10-12)16-4/h5-7,10,15H,8-9,11H2,1-4H3. The Balaban J connectivity index is 2.63. The molecule has 1 aromatic rings. The Kier molecular flexibility index (Phi) is 4.81. The van der Waals surface area contributed by atoms with E-state index in [1.54, 1.807) is 7.11 Å². The fourth-order valence-electron chi connectivity index (χ4n) is 1.89. The first-order valence-electron chi connectivity index (χ1n) is 5.85. The summed E-state index contributed by atoms with van der Waals surface area (Å²) < 4.78 is 5.24. The van der Waals surface area contributed by atoms with Crippen molar-refractivity contribution in [2.45, 2.75) is 26.7 Å². The third kappa shape index (κ3) is 4.23. The van der Waals surface area contributed by atoms with Crippen LogP contribution < -0.4 is 10.1 Å². The Hall–Kier alpha value is -1.02. The zero-order valence-electron chi connectivity index (χ0n) is 10.8. The molecule has 1 N–H and O–H groups in total. The van der Waals surface area contributed by atoms with Crippen molar-refractivity contribution in [3.63, 3.8) is 0 Å². The Morgan fingerprint density at radius 3 is 2.69 bits per heavy atom. The summed E-state index contributed by atoms with van der Waals surface area (Å²) in [6.45, 7) is 5.69. The fourth-order valence-corrected chi connectivity index (χ4v) is 1.89. The van der Waals surface area contributed by atoms with Crippen molar-refractivity contribution in [1.29, 1.82) is 0 Å². The molecule has 1 rings (SSSR count). The average molecular weight is 221 g/mol. The van der Waals surface area contributed by atoms with Crippen LogP contribution in [0.5, 0.6) is 5.75 Å². The molecule has 0 saturated heterocycles. The molecule has 0 amide bonds. The molecule has 0 saturated carbocycles. The molecule has 0 aliphatic heterocycles. The van der Waals surface area contributed by atoms with Gasteiger partial charge in [0.15, 0.2) is 0 Å². The van der Waals surface area contributed by atoms with Crippen molar-refractivity contribution in [3.8, 4) is 5.75 Å². The Bertz CT molecular complexity index is 320. The lowest BCUT2D eigenvalue weighted by atomic mass is 9.82. The molecule has 1 aromatic carbocycles. The molecule has 16 heavy (non-hydrogen) atoms. The predicted molar refractivity (Wildman–Crippen MR) is 69.0 cm³/mol. The third-order valence-electron chi connectivity index (χ3n) is 2.87. The minimum atomic E-state index is 0.329. The Morgan fingerprint density at radius 2 is 2.06 bits per heavy atom. The SMILES string of the molecule is CNCCC(C)(C)Cc1cccc(OC)c1.